The van der Waals surface area contributed by atoms with Gasteiger partial charge in [0, 0.05) is 25.0 Å². The quantitative estimate of drug-likeness (QED) is 0.466. The van der Waals surface area contributed by atoms with E-state index in [2.05, 4.69) is 9.71 Å². The molecule has 0 fully saturated rings. The van der Waals surface area contributed by atoms with Crippen molar-refractivity contribution in [2.75, 3.05) is 4.72 Å². The van der Waals surface area contributed by atoms with E-state index >= 15 is 0 Å². The number of fused-ring (bicyclic) bond motifs is 2. The molecule has 5 aromatic rings. The second-order valence-corrected chi connectivity index (χ2v) is 8.97. The van der Waals surface area contributed by atoms with E-state index in [0.29, 0.717) is 16.8 Å². The number of aryl methyl sites for hydroxylation is 2. The maximum Gasteiger partial charge on any atom is 0.419 e. The van der Waals surface area contributed by atoms with Gasteiger partial charge in [-0.3, -0.25) is 9.29 Å². The number of hydrogen-bond donors (Lipinski definition) is 1. The SMILES string of the molecule is Cc1ccc(-c2cn3ccccc3n2)cc1NS(=O)(=O)c1ccc2oc(=O)n(C)c2c1. The first-order valence-corrected chi connectivity index (χ1v) is 11.0. The molecule has 0 amide bonds. The first kappa shape index (κ1) is 19.1. The van der Waals surface area contributed by atoms with Crippen molar-refractivity contribution in [2.24, 2.45) is 7.05 Å². The zero-order chi connectivity index (χ0) is 21.8. The Hall–Kier alpha value is -3.85. The van der Waals surface area contributed by atoms with Gasteiger partial charge in [0.2, 0.25) is 0 Å². The lowest BCUT2D eigenvalue weighted by atomic mass is 10.1. The molecule has 3 heterocycles. The third-order valence-corrected chi connectivity index (χ3v) is 6.58. The first-order valence-electron chi connectivity index (χ1n) is 9.49. The molecule has 0 saturated carbocycles. The van der Waals surface area contributed by atoms with Crippen LogP contribution >= 0.6 is 0 Å². The van der Waals surface area contributed by atoms with Crippen molar-refractivity contribution < 1.29 is 12.8 Å². The predicted molar refractivity (Wildman–Crippen MR) is 118 cm³/mol. The number of anilines is 1. The van der Waals surface area contributed by atoms with Crippen LogP contribution in [0.25, 0.3) is 28.0 Å². The summed E-state index contributed by atoms with van der Waals surface area (Å²) < 4.78 is 37.0. The Morgan fingerprint density at radius 1 is 1.06 bits per heavy atom. The number of aromatic nitrogens is 3. The summed E-state index contributed by atoms with van der Waals surface area (Å²) in [6.45, 7) is 1.83. The van der Waals surface area contributed by atoms with Crippen LogP contribution in [0, 0.1) is 6.92 Å². The predicted octanol–water partition coefficient (Wildman–Crippen LogP) is 3.56. The van der Waals surface area contributed by atoms with Crippen molar-refractivity contribution in [2.45, 2.75) is 11.8 Å². The monoisotopic (exact) mass is 434 g/mol. The largest absolute Gasteiger partial charge is 0.419 e. The van der Waals surface area contributed by atoms with Crippen LogP contribution in [0.1, 0.15) is 5.56 Å². The molecule has 8 nitrogen and oxygen atoms in total. The van der Waals surface area contributed by atoms with Gasteiger partial charge in [-0.05, 0) is 48.9 Å². The van der Waals surface area contributed by atoms with E-state index in [4.69, 9.17) is 4.42 Å². The molecule has 156 valence electrons. The molecule has 9 heteroatoms. The number of pyridine rings is 1. The molecule has 0 aliphatic carbocycles. The Balaban J connectivity index is 1.53. The molecule has 0 aliphatic rings. The molecule has 31 heavy (non-hydrogen) atoms. The van der Waals surface area contributed by atoms with Crippen LogP contribution in [0.15, 0.2) is 81.1 Å². The van der Waals surface area contributed by atoms with Gasteiger partial charge in [0.15, 0.2) is 5.58 Å². The molecule has 0 atom stereocenters. The van der Waals surface area contributed by atoms with Crippen LogP contribution in [-0.2, 0) is 17.1 Å². The average molecular weight is 434 g/mol. The van der Waals surface area contributed by atoms with Gasteiger partial charge in [0.05, 0.1) is 21.8 Å². The highest BCUT2D eigenvalue weighted by atomic mass is 32.2. The highest BCUT2D eigenvalue weighted by molar-refractivity contribution is 7.92. The van der Waals surface area contributed by atoms with Gasteiger partial charge in [0.1, 0.15) is 5.65 Å². The smallest absolute Gasteiger partial charge is 0.408 e. The van der Waals surface area contributed by atoms with Gasteiger partial charge < -0.3 is 8.82 Å². The lowest BCUT2D eigenvalue weighted by Gasteiger charge is -2.12. The lowest BCUT2D eigenvalue weighted by molar-refractivity contribution is 0.528. The normalized spacial score (nSPS) is 11.9. The van der Waals surface area contributed by atoms with E-state index in [1.54, 1.807) is 6.07 Å². The number of imidazole rings is 1. The first-order chi connectivity index (χ1) is 14.8. The van der Waals surface area contributed by atoms with Gasteiger partial charge in [-0.1, -0.05) is 18.2 Å². The molecule has 1 N–H and O–H groups in total. The van der Waals surface area contributed by atoms with E-state index in [9.17, 15) is 13.2 Å². The fourth-order valence-electron chi connectivity index (χ4n) is 3.44. The molecule has 2 aromatic carbocycles. The summed E-state index contributed by atoms with van der Waals surface area (Å²) in [4.78, 5) is 16.3. The summed E-state index contributed by atoms with van der Waals surface area (Å²) in [7, 11) is -2.36. The number of benzene rings is 2. The average Bonchev–Trinajstić information content (AvgIpc) is 3.30. The van der Waals surface area contributed by atoms with Gasteiger partial charge >= 0.3 is 5.76 Å². The topological polar surface area (TPSA) is 98.6 Å². The molecule has 0 saturated heterocycles. The molecule has 0 unspecified atom stereocenters. The summed E-state index contributed by atoms with van der Waals surface area (Å²) >= 11 is 0. The van der Waals surface area contributed by atoms with Crippen LogP contribution < -0.4 is 10.5 Å². The maximum atomic E-state index is 13.1. The molecular weight excluding hydrogens is 416 g/mol. The standard InChI is InChI=1S/C22H18N4O4S/c1-14-6-7-15(18-13-26-10-4-3-5-21(26)23-18)11-17(14)24-31(28,29)16-8-9-20-19(12-16)25(2)22(27)30-20/h3-13,24H,1-2H3. The van der Waals surface area contributed by atoms with Crippen LogP contribution in [0.2, 0.25) is 0 Å². The van der Waals surface area contributed by atoms with Crippen molar-refractivity contribution in [1.82, 2.24) is 14.0 Å². The Bertz CT molecular complexity index is 1590. The second-order valence-electron chi connectivity index (χ2n) is 7.28. The van der Waals surface area contributed by atoms with Crippen LogP contribution in [0.4, 0.5) is 5.69 Å². The Labute approximate surface area is 177 Å². The number of sulfonamides is 1. The van der Waals surface area contributed by atoms with E-state index < -0.39 is 15.8 Å². The number of nitrogens with zero attached hydrogens (tertiary/aromatic N) is 3. The van der Waals surface area contributed by atoms with E-state index in [0.717, 1.165) is 22.5 Å². The molecule has 5 rings (SSSR count). The Morgan fingerprint density at radius 3 is 2.71 bits per heavy atom. The van der Waals surface area contributed by atoms with Gasteiger partial charge in [-0.2, -0.15) is 0 Å². The summed E-state index contributed by atoms with van der Waals surface area (Å²) in [5.41, 5.74) is 4.29. The van der Waals surface area contributed by atoms with Crippen LogP contribution in [0.5, 0.6) is 0 Å². The summed E-state index contributed by atoms with van der Waals surface area (Å²) in [6.07, 6.45) is 3.80. The zero-order valence-electron chi connectivity index (χ0n) is 16.7. The van der Waals surface area contributed by atoms with Gasteiger partial charge in [0.25, 0.3) is 10.0 Å². The van der Waals surface area contributed by atoms with Crippen LogP contribution in [0.3, 0.4) is 0 Å². The third-order valence-electron chi connectivity index (χ3n) is 5.21. The van der Waals surface area contributed by atoms with Crippen LogP contribution in [-0.4, -0.2) is 22.4 Å². The highest BCUT2D eigenvalue weighted by Gasteiger charge is 2.18. The van der Waals surface area contributed by atoms with Crippen molar-refractivity contribution in [3.05, 3.63) is 83.1 Å². The minimum atomic E-state index is -3.89. The third kappa shape index (κ3) is 3.28. The van der Waals surface area contributed by atoms with Gasteiger partial charge in [-0.15, -0.1) is 0 Å². The number of hydrogen-bond acceptors (Lipinski definition) is 5. The molecule has 0 bridgehead atoms. The maximum absolute atomic E-state index is 13.1. The summed E-state index contributed by atoms with van der Waals surface area (Å²) in [6, 6.07) is 15.6. The van der Waals surface area contributed by atoms with E-state index in [-0.39, 0.29) is 4.90 Å². The number of rotatable bonds is 4. The fourth-order valence-corrected chi connectivity index (χ4v) is 4.58. The van der Waals surface area contributed by atoms with Crippen molar-refractivity contribution >= 4 is 32.5 Å². The Morgan fingerprint density at radius 2 is 1.90 bits per heavy atom. The zero-order valence-corrected chi connectivity index (χ0v) is 17.6. The summed E-state index contributed by atoms with van der Waals surface area (Å²) in [5.74, 6) is -0.548. The molecule has 0 radical (unpaired) electrons. The van der Waals surface area contributed by atoms with E-state index in [1.807, 2.05) is 54.0 Å². The van der Waals surface area contributed by atoms with Gasteiger partial charge in [-0.25, -0.2) is 18.2 Å². The number of nitrogens with one attached hydrogen (secondary N) is 1. The molecule has 3 aromatic heterocycles. The fraction of sp³-hybridized carbons (Fsp3) is 0.0909. The highest BCUT2D eigenvalue weighted by Crippen LogP contribution is 2.28. The number of oxazole rings is 1. The van der Waals surface area contributed by atoms with Crippen molar-refractivity contribution in [3.8, 4) is 11.3 Å². The molecule has 0 aliphatic heterocycles. The van der Waals surface area contributed by atoms with E-state index in [1.165, 1.54) is 29.8 Å². The molecule has 0 spiro atoms. The summed E-state index contributed by atoms with van der Waals surface area (Å²) in [5, 5.41) is 0. The second kappa shape index (κ2) is 6.85. The lowest BCUT2D eigenvalue weighted by Crippen LogP contribution is -2.14. The minimum Gasteiger partial charge on any atom is -0.408 e. The minimum absolute atomic E-state index is 0.0360. The van der Waals surface area contributed by atoms with Crippen molar-refractivity contribution in [1.29, 1.82) is 0 Å². The van der Waals surface area contributed by atoms with Crippen molar-refractivity contribution in [3.63, 3.8) is 0 Å². The molecular formula is C22H18N4O4S. The Kier molecular flexibility index (Phi) is 4.23.